The van der Waals surface area contributed by atoms with Gasteiger partial charge in [0.2, 0.25) is 5.91 Å². The molecule has 0 aliphatic rings. The molecule has 2 rings (SSSR count). The number of benzene rings is 1. The van der Waals surface area contributed by atoms with Crippen LogP contribution < -0.4 is 22.3 Å². The number of carbonyl (C=O) groups excluding carboxylic acids is 1. The summed E-state index contributed by atoms with van der Waals surface area (Å²) in [4.78, 5) is 19.3. The van der Waals surface area contributed by atoms with E-state index in [1.807, 2.05) is 30.3 Å². The SMILES string of the molecule is Nc1ncnc(NNC(=O)Cc2ccccc2)c1N. The third-order valence-corrected chi connectivity index (χ3v) is 2.44. The van der Waals surface area contributed by atoms with E-state index in [4.69, 9.17) is 11.5 Å². The van der Waals surface area contributed by atoms with Crippen molar-refractivity contribution in [3.8, 4) is 0 Å². The highest BCUT2D eigenvalue weighted by molar-refractivity contribution is 5.81. The van der Waals surface area contributed by atoms with Crippen LogP contribution in [-0.4, -0.2) is 15.9 Å². The Morgan fingerprint density at radius 2 is 1.89 bits per heavy atom. The summed E-state index contributed by atoms with van der Waals surface area (Å²) in [5.41, 5.74) is 17.4. The number of amides is 1. The number of rotatable bonds is 4. The van der Waals surface area contributed by atoms with Gasteiger partial charge in [-0.25, -0.2) is 9.97 Å². The van der Waals surface area contributed by atoms with Crippen LogP contribution in [0.15, 0.2) is 36.7 Å². The van der Waals surface area contributed by atoms with Crippen molar-refractivity contribution in [3.05, 3.63) is 42.2 Å². The minimum Gasteiger partial charge on any atom is -0.393 e. The van der Waals surface area contributed by atoms with Crippen molar-refractivity contribution in [1.29, 1.82) is 0 Å². The highest BCUT2D eigenvalue weighted by Gasteiger charge is 2.07. The molecular formula is C12H14N6O. The Morgan fingerprint density at radius 1 is 1.16 bits per heavy atom. The number of hydrogen-bond donors (Lipinski definition) is 4. The van der Waals surface area contributed by atoms with E-state index in [9.17, 15) is 4.79 Å². The lowest BCUT2D eigenvalue weighted by atomic mass is 10.1. The van der Waals surface area contributed by atoms with Crippen LogP contribution in [0.4, 0.5) is 17.3 Å². The molecule has 0 aliphatic carbocycles. The van der Waals surface area contributed by atoms with Gasteiger partial charge >= 0.3 is 0 Å². The van der Waals surface area contributed by atoms with E-state index in [1.165, 1.54) is 6.33 Å². The van der Waals surface area contributed by atoms with Gasteiger partial charge in [0.05, 0.1) is 6.42 Å². The summed E-state index contributed by atoms with van der Waals surface area (Å²) in [6, 6.07) is 9.38. The van der Waals surface area contributed by atoms with Gasteiger partial charge in [-0.3, -0.25) is 15.6 Å². The van der Waals surface area contributed by atoms with Gasteiger partial charge in [-0.05, 0) is 5.56 Å². The van der Waals surface area contributed by atoms with Gasteiger partial charge in [-0.15, -0.1) is 0 Å². The van der Waals surface area contributed by atoms with E-state index in [1.54, 1.807) is 0 Å². The van der Waals surface area contributed by atoms with Crippen LogP contribution in [0.3, 0.4) is 0 Å². The average molecular weight is 258 g/mol. The Hall–Kier alpha value is -2.83. The Balaban J connectivity index is 1.92. The number of anilines is 3. The highest BCUT2D eigenvalue weighted by Crippen LogP contribution is 2.17. The van der Waals surface area contributed by atoms with E-state index < -0.39 is 0 Å². The van der Waals surface area contributed by atoms with Gasteiger partial charge in [-0.2, -0.15) is 0 Å². The summed E-state index contributed by atoms with van der Waals surface area (Å²) in [7, 11) is 0. The predicted octanol–water partition coefficient (Wildman–Crippen LogP) is 0.327. The average Bonchev–Trinajstić information content (AvgIpc) is 2.42. The second-order valence-electron chi connectivity index (χ2n) is 3.86. The van der Waals surface area contributed by atoms with E-state index in [-0.39, 0.29) is 29.7 Å². The molecular weight excluding hydrogens is 244 g/mol. The van der Waals surface area contributed by atoms with Crippen LogP contribution >= 0.6 is 0 Å². The summed E-state index contributed by atoms with van der Waals surface area (Å²) in [5.74, 6) is 0.228. The lowest BCUT2D eigenvalue weighted by Crippen LogP contribution is -2.31. The number of nitrogens with zero attached hydrogens (tertiary/aromatic N) is 2. The smallest absolute Gasteiger partial charge is 0.242 e. The topological polar surface area (TPSA) is 119 Å². The number of hydrogen-bond acceptors (Lipinski definition) is 6. The summed E-state index contributed by atoms with van der Waals surface area (Å²) < 4.78 is 0. The first kappa shape index (κ1) is 12.6. The molecule has 0 atom stereocenters. The van der Waals surface area contributed by atoms with Gasteiger partial charge in [0.1, 0.15) is 12.0 Å². The molecule has 0 aliphatic heterocycles. The first-order valence-corrected chi connectivity index (χ1v) is 5.61. The van der Waals surface area contributed by atoms with Crippen LogP contribution in [0, 0.1) is 0 Å². The van der Waals surface area contributed by atoms with Gasteiger partial charge in [0.15, 0.2) is 11.6 Å². The summed E-state index contributed by atoms with van der Waals surface area (Å²) in [6.45, 7) is 0. The fraction of sp³-hybridized carbons (Fsp3) is 0.0833. The molecule has 98 valence electrons. The summed E-state index contributed by atoms with van der Waals surface area (Å²) in [5, 5.41) is 0. The highest BCUT2D eigenvalue weighted by atomic mass is 16.2. The number of hydrazine groups is 1. The lowest BCUT2D eigenvalue weighted by Gasteiger charge is -2.10. The Morgan fingerprint density at radius 3 is 2.63 bits per heavy atom. The van der Waals surface area contributed by atoms with E-state index in [2.05, 4.69) is 20.8 Å². The van der Waals surface area contributed by atoms with Crippen LogP contribution in [0.5, 0.6) is 0 Å². The van der Waals surface area contributed by atoms with E-state index in [0.29, 0.717) is 0 Å². The molecule has 1 aromatic carbocycles. The lowest BCUT2D eigenvalue weighted by molar-refractivity contribution is -0.119. The monoisotopic (exact) mass is 258 g/mol. The van der Waals surface area contributed by atoms with Crippen LogP contribution in [0.25, 0.3) is 0 Å². The number of nitrogen functional groups attached to an aromatic ring is 2. The molecule has 0 bridgehead atoms. The van der Waals surface area contributed by atoms with Crippen LogP contribution in [0.1, 0.15) is 5.56 Å². The molecule has 0 unspecified atom stereocenters. The van der Waals surface area contributed by atoms with E-state index >= 15 is 0 Å². The second kappa shape index (κ2) is 5.67. The van der Waals surface area contributed by atoms with Crippen molar-refractivity contribution in [2.75, 3.05) is 16.9 Å². The molecule has 0 saturated carbocycles. The number of nitrogens with two attached hydrogens (primary N) is 2. The third-order valence-electron chi connectivity index (χ3n) is 2.44. The van der Waals surface area contributed by atoms with Crippen molar-refractivity contribution in [1.82, 2.24) is 15.4 Å². The van der Waals surface area contributed by atoms with Crippen molar-refractivity contribution in [3.63, 3.8) is 0 Å². The van der Waals surface area contributed by atoms with Crippen LogP contribution in [-0.2, 0) is 11.2 Å². The Labute approximate surface area is 110 Å². The number of aromatic nitrogens is 2. The normalized spacial score (nSPS) is 9.89. The first-order valence-electron chi connectivity index (χ1n) is 5.61. The second-order valence-corrected chi connectivity index (χ2v) is 3.86. The molecule has 7 heteroatoms. The summed E-state index contributed by atoms with van der Waals surface area (Å²) in [6.07, 6.45) is 1.52. The first-order chi connectivity index (χ1) is 9.16. The van der Waals surface area contributed by atoms with Crippen LogP contribution in [0.2, 0.25) is 0 Å². The van der Waals surface area contributed by atoms with Crippen molar-refractivity contribution < 1.29 is 4.79 Å². The fourth-order valence-corrected chi connectivity index (χ4v) is 1.46. The molecule has 7 nitrogen and oxygen atoms in total. The van der Waals surface area contributed by atoms with Crippen molar-refractivity contribution >= 4 is 23.2 Å². The molecule has 1 aromatic heterocycles. The maximum Gasteiger partial charge on any atom is 0.242 e. The van der Waals surface area contributed by atoms with Gasteiger partial charge in [0.25, 0.3) is 0 Å². The van der Waals surface area contributed by atoms with Crippen molar-refractivity contribution in [2.24, 2.45) is 0 Å². The molecule has 0 radical (unpaired) electrons. The zero-order chi connectivity index (χ0) is 13.7. The van der Waals surface area contributed by atoms with Gasteiger partial charge in [0, 0.05) is 0 Å². The Kier molecular flexibility index (Phi) is 3.77. The maximum atomic E-state index is 11.7. The largest absolute Gasteiger partial charge is 0.393 e. The predicted molar refractivity (Wildman–Crippen MR) is 72.8 cm³/mol. The molecule has 2 aromatic rings. The number of nitrogens with one attached hydrogen (secondary N) is 2. The molecule has 19 heavy (non-hydrogen) atoms. The molecule has 0 spiro atoms. The molecule has 0 saturated heterocycles. The zero-order valence-corrected chi connectivity index (χ0v) is 10.1. The minimum atomic E-state index is -0.206. The van der Waals surface area contributed by atoms with E-state index in [0.717, 1.165) is 5.56 Å². The maximum absolute atomic E-state index is 11.7. The third kappa shape index (κ3) is 3.32. The number of carbonyl (C=O) groups is 1. The molecule has 0 fully saturated rings. The molecule has 1 heterocycles. The molecule has 1 amide bonds. The zero-order valence-electron chi connectivity index (χ0n) is 10.1. The Bertz CT molecular complexity index is 572. The quantitative estimate of drug-likeness (QED) is 0.587. The minimum absolute atomic E-state index is 0.162. The fourth-order valence-electron chi connectivity index (χ4n) is 1.46. The van der Waals surface area contributed by atoms with Crippen molar-refractivity contribution in [2.45, 2.75) is 6.42 Å². The standard InChI is InChI=1S/C12H14N6O/c13-10-11(14)15-7-16-12(10)18-17-9(19)6-8-4-2-1-3-5-8/h1-5,7H,6,13H2,(H,17,19)(H3,14,15,16,18). The molecule has 6 N–H and O–H groups in total. The summed E-state index contributed by atoms with van der Waals surface area (Å²) >= 11 is 0. The van der Waals surface area contributed by atoms with Gasteiger partial charge in [-0.1, -0.05) is 30.3 Å². The van der Waals surface area contributed by atoms with Gasteiger partial charge < -0.3 is 11.5 Å².